The molecule has 1 saturated heterocycles. The molecule has 20 heavy (non-hydrogen) atoms. The SMILES string of the molecule is CCNCC1CCCCN1S(=O)(=O)NC1CCCCC1. The van der Waals surface area contributed by atoms with Crippen LogP contribution in [0.5, 0.6) is 0 Å². The van der Waals surface area contributed by atoms with E-state index in [1.807, 2.05) is 0 Å². The van der Waals surface area contributed by atoms with Crippen molar-refractivity contribution < 1.29 is 8.42 Å². The summed E-state index contributed by atoms with van der Waals surface area (Å²) in [5, 5.41) is 3.29. The van der Waals surface area contributed by atoms with Gasteiger partial charge >= 0.3 is 0 Å². The van der Waals surface area contributed by atoms with Crippen molar-refractivity contribution in [2.75, 3.05) is 19.6 Å². The van der Waals surface area contributed by atoms with Gasteiger partial charge in [0.05, 0.1) is 0 Å². The summed E-state index contributed by atoms with van der Waals surface area (Å²) in [5.74, 6) is 0. The number of rotatable bonds is 6. The van der Waals surface area contributed by atoms with E-state index in [9.17, 15) is 8.42 Å². The Morgan fingerprint density at radius 3 is 2.45 bits per heavy atom. The first-order valence-corrected chi connectivity index (χ1v) is 9.57. The Morgan fingerprint density at radius 1 is 1.05 bits per heavy atom. The summed E-state index contributed by atoms with van der Waals surface area (Å²) in [6.45, 7) is 4.38. The van der Waals surface area contributed by atoms with E-state index in [1.165, 1.54) is 6.42 Å². The predicted molar refractivity (Wildman–Crippen MR) is 81.8 cm³/mol. The summed E-state index contributed by atoms with van der Waals surface area (Å²) in [5.41, 5.74) is 0. The molecule has 2 rings (SSSR count). The van der Waals surface area contributed by atoms with Gasteiger partial charge in [0.15, 0.2) is 0 Å². The molecule has 1 saturated carbocycles. The summed E-state index contributed by atoms with van der Waals surface area (Å²) in [4.78, 5) is 0. The van der Waals surface area contributed by atoms with Crippen LogP contribution >= 0.6 is 0 Å². The van der Waals surface area contributed by atoms with E-state index in [0.29, 0.717) is 6.54 Å². The molecular weight excluding hydrogens is 274 g/mol. The molecule has 1 aliphatic heterocycles. The fourth-order valence-electron chi connectivity index (χ4n) is 3.30. The van der Waals surface area contributed by atoms with Crippen LogP contribution in [0.2, 0.25) is 0 Å². The predicted octanol–water partition coefficient (Wildman–Crippen LogP) is 1.62. The maximum Gasteiger partial charge on any atom is 0.279 e. The van der Waals surface area contributed by atoms with Crippen LogP contribution in [-0.2, 0) is 10.2 Å². The van der Waals surface area contributed by atoms with E-state index in [1.54, 1.807) is 4.31 Å². The molecule has 2 fully saturated rings. The molecule has 0 spiro atoms. The third-order valence-corrected chi connectivity index (χ3v) is 6.16. The molecule has 0 amide bonds. The van der Waals surface area contributed by atoms with Crippen molar-refractivity contribution in [3.63, 3.8) is 0 Å². The number of likely N-dealkylation sites (N-methyl/N-ethyl adjacent to an activating group) is 1. The lowest BCUT2D eigenvalue weighted by Gasteiger charge is -2.36. The number of hydrogen-bond acceptors (Lipinski definition) is 3. The van der Waals surface area contributed by atoms with Gasteiger partial charge in [0.25, 0.3) is 10.2 Å². The van der Waals surface area contributed by atoms with E-state index < -0.39 is 10.2 Å². The van der Waals surface area contributed by atoms with Crippen LogP contribution in [0, 0.1) is 0 Å². The number of piperidine rings is 1. The monoisotopic (exact) mass is 303 g/mol. The Balaban J connectivity index is 1.97. The zero-order valence-corrected chi connectivity index (χ0v) is 13.4. The molecule has 6 heteroatoms. The van der Waals surface area contributed by atoms with Crippen molar-refractivity contribution >= 4 is 10.2 Å². The summed E-state index contributed by atoms with van der Waals surface area (Å²) in [6, 6.07) is 0.264. The topological polar surface area (TPSA) is 61.4 Å². The molecule has 1 aliphatic carbocycles. The Hall–Kier alpha value is -0.170. The fourth-order valence-corrected chi connectivity index (χ4v) is 5.04. The van der Waals surface area contributed by atoms with Gasteiger partial charge in [-0.1, -0.05) is 32.6 Å². The van der Waals surface area contributed by atoms with Crippen LogP contribution in [-0.4, -0.2) is 44.4 Å². The fraction of sp³-hybridized carbons (Fsp3) is 1.00. The maximum absolute atomic E-state index is 12.6. The number of hydrogen-bond donors (Lipinski definition) is 2. The van der Waals surface area contributed by atoms with Crippen LogP contribution in [0.3, 0.4) is 0 Å². The first-order valence-electron chi connectivity index (χ1n) is 8.13. The zero-order valence-electron chi connectivity index (χ0n) is 12.6. The van der Waals surface area contributed by atoms with E-state index >= 15 is 0 Å². The Kier molecular flexibility index (Phi) is 6.26. The lowest BCUT2D eigenvalue weighted by atomic mass is 9.96. The van der Waals surface area contributed by atoms with Crippen molar-refractivity contribution in [2.45, 2.75) is 70.4 Å². The quantitative estimate of drug-likeness (QED) is 0.784. The van der Waals surface area contributed by atoms with Gasteiger partial charge in [-0.3, -0.25) is 0 Å². The second-order valence-corrected chi connectivity index (χ2v) is 7.68. The van der Waals surface area contributed by atoms with E-state index in [0.717, 1.165) is 58.0 Å². The molecule has 2 N–H and O–H groups in total. The minimum atomic E-state index is -3.32. The van der Waals surface area contributed by atoms with E-state index in [2.05, 4.69) is 17.0 Å². The second kappa shape index (κ2) is 7.73. The van der Waals surface area contributed by atoms with Gasteiger partial charge in [0.2, 0.25) is 0 Å². The molecule has 0 aromatic carbocycles. The van der Waals surface area contributed by atoms with Crippen molar-refractivity contribution in [1.82, 2.24) is 14.3 Å². The largest absolute Gasteiger partial charge is 0.315 e. The maximum atomic E-state index is 12.6. The highest BCUT2D eigenvalue weighted by Crippen LogP contribution is 2.22. The molecule has 1 unspecified atom stereocenters. The van der Waals surface area contributed by atoms with Crippen LogP contribution in [0.4, 0.5) is 0 Å². The van der Waals surface area contributed by atoms with Gasteiger partial charge in [0.1, 0.15) is 0 Å². The first-order chi connectivity index (χ1) is 9.63. The molecule has 118 valence electrons. The third-order valence-electron chi connectivity index (χ3n) is 4.43. The van der Waals surface area contributed by atoms with Crippen molar-refractivity contribution in [2.24, 2.45) is 0 Å². The van der Waals surface area contributed by atoms with Gasteiger partial charge in [-0.2, -0.15) is 17.4 Å². The summed E-state index contributed by atoms with van der Waals surface area (Å²) in [6.07, 6.45) is 8.60. The third kappa shape index (κ3) is 4.41. The van der Waals surface area contributed by atoms with Crippen LogP contribution in [0.25, 0.3) is 0 Å². The van der Waals surface area contributed by atoms with Crippen molar-refractivity contribution in [3.05, 3.63) is 0 Å². The van der Waals surface area contributed by atoms with Crippen LogP contribution < -0.4 is 10.0 Å². The molecular formula is C14H29N3O2S. The van der Waals surface area contributed by atoms with Crippen molar-refractivity contribution in [3.8, 4) is 0 Å². The Labute approximate surface area is 123 Å². The average molecular weight is 303 g/mol. The van der Waals surface area contributed by atoms with Gasteiger partial charge in [-0.25, -0.2) is 0 Å². The van der Waals surface area contributed by atoms with Gasteiger partial charge in [0, 0.05) is 25.2 Å². The number of nitrogens with one attached hydrogen (secondary N) is 2. The minimum absolute atomic E-state index is 0.116. The first kappa shape index (κ1) is 16.2. The standard InChI is InChI=1S/C14H29N3O2S/c1-2-15-12-14-10-6-7-11-17(14)20(18,19)16-13-8-4-3-5-9-13/h13-16H,2-12H2,1H3. The van der Waals surface area contributed by atoms with Gasteiger partial charge in [-0.05, 0) is 32.2 Å². The van der Waals surface area contributed by atoms with Crippen LogP contribution in [0.1, 0.15) is 58.3 Å². The second-order valence-electron chi connectivity index (χ2n) is 6.03. The van der Waals surface area contributed by atoms with E-state index in [-0.39, 0.29) is 12.1 Å². The average Bonchev–Trinajstić information content (AvgIpc) is 2.46. The summed E-state index contributed by atoms with van der Waals surface area (Å²) in [7, 11) is -3.32. The molecule has 0 aromatic heterocycles. The minimum Gasteiger partial charge on any atom is -0.315 e. The Bertz CT molecular complexity index is 380. The molecule has 0 bridgehead atoms. The Morgan fingerprint density at radius 2 is 1.75 bits per heavy atom. The molecule has 1 heterocycles. The van der Waals surface area contributed by atoms with Crippen LogP contribution in [0.15, 0.2) is 0 Å². The lowest BCUT2D eigenvalue weighted by Crippen LogP contribution is -2.54. The highest BCUT2D eigenvalue weighted by Gasteiger charge is 2.33. The number of nitrogens with zero attached hydrogens (tertiary/aromatic N) is 1. The summed E-state index contributed by atoms with van der Waals surface area (Å²) < 4.78 is 29.9. The highest BCUT2D eigenvalue weighted by atomic mass is 32.2. The van der Waals surface area contributed by atoms with Crippen molar-refractivity contribution in [1.29, 1.82) is 0 Å². The summed E-state index contributed by atoms with van der Waals surface area (Å²) >= 11 is 0. The van der Waals surface area contributed by atoms with Gasteiger partial charge in [-0.15, -0.1) is 0 Å². The molecule has 0 radical (unpaired) electrons. The highest BCUT2D eigenvalue weighted by molar-refractivity contribution is 7.87. The normalized spacial score (nSPS) is 26.8. The lowest BCUT2D eigenvalue weighted by molar-refractivity contribution is 0.240. The smallest absolute Gasteiger partial charge is 0.279 e. The molecule has 0 aromatic rings. The molecule has 2 aliphatic rings. The van der Waals surface area contributed by atoms with E-state index in [4.69, 9.17) is 0 Å². The molecule has 1 atom stereocenters. The zero-order chi connectivity index (χ0) is 14.4. The van der Waals surface area contributed by atoms with Gasteiger partial charge < -0.3 is 5.32 Å². The molecule has 5 nitrogen and oxygen atoms in total.